The number of nitrogens with one attached hydrogen (secondary N) is 2. The zero-order chi connectivity index (χ0) is 13.0. The van der Waals surface area contributed by atoms with Gasteiger partial charge in [0.15, 0.2) is 0 Å². The van der Waals surface area contributed by atoms with Crippen LogP contribution in [0.25, 0.3) is 0 Å². The van der Waals surface area contributed by atoms with Gasteiger partial charge in [0.05, 0.1) is 11.9 Å². The van der Waals surface area contributed by atoms with Crippen molar-refractivity contribution in [3.63, 3.8) is 0 Å². The van der Waals surface area contributed by atoms with Gasteiger partial charge in [-0.3, -0.25) is 4.72 Å². The molecule has 1 aromatic rings. The summed E-state index contributed by atoms with van der Waals surface area (Å²) in [6.07, 6.45) is 0.659. The third-order valence-electron chi connectivity index (χ3n) is 2.88. The third kappa shape index (κ3) is 3.14. The van der Waals surface area contributed by atoms with Crippen LogP contribution in [0.2, 0.25) is 0 Å². The van der Waals surface area contributed by atoms with Gasteiger partial charge in [-0.1, -0.05) is 0 Å². The summed E-state index contributed by atoms with van der Waals surface area (Å²) in [4.78, 5) is 0. The van der Waals surface area contributed by atoms with Crippen molar-refractivity contribution in [2.45, 2.75) is 18.6 Å². The van der Waals surface area contributed by atoms with Crippen LogP contribution in [0, 0.1) is 0 Å². The molecule has 2 rings (SSSR count). The van der Waals surface area contributed by atoms with Crippen LogP contribution < -0.4 is 14.8 Å². The highest BCUT2D eigenvalue weighted by Gasteiger charge is 2.28. The average molecular weight is 270 g/mol. The molecule has 100 valence electrons. The summed E-state index contributed by atoms with van der Waals surface area (Å²) in [6.45, 7) is 3.78. The van der Waals surface area contributed by atoms with E-state index in [1.54, 1.807) is 24.3 Å². The summed E-state index contributed by atoms with van der Waals surface area (Å²) in [5.41, 5.74) is 0.574. The van der Waals surface area contributed by atoms with Crippen LogP contribution in [-0.4, -0.2) is 33.4 Å². The van der Waals surface area contributed by atoms with Gasteiger partial charge in [0.25, 0.3) is 0 Å². The summed E-state index contributed by atoms with van der Waals surface area (Å²) in [5, 5.41) is 2.71. The van der Waals surface area contributed by atoms with E-state index in [0.717, 1.165) is 12.3 Å². The highest BCUT2D eigenvalue weighted by Crippen LogP contribution is 2.19. The van der Waals surface area contributed by atoms with E-state index in [4.69, 9.17) is 4.74 Å². The second-order valence-electron chi connectivity index (χ2n) is 4.22. The molecular formula is C12H18N2O3S. The van der Waals surface area contributed by atoms with Crippen molar-refractivity contribution in [3.8, 4) is 5.75 Å². The number of ether oxygens (including phenoxy) is 1. The fourth-order valence-corrected chi connectivity index (χ4v) is 3.32. The van der Waals surface area contributed by atoms with Crippen molar-refractivity contribution in [1.29, 1.82) is 0 Å². The Hall–Kier alpha value is -1.27. The first-order chi connectivity index (χ1) is 8.62. The largest absolute Gasteiger partial charge is 0.494 e. The lowest BCUT2D eigenvalue weighted by Gasteiger charge is -2.13. The molecule has 6 heteroatoms. The molecule has 0 saturated carbocycles. The van der Waals surface area contributed by atoms with E-state index in [-0.39, 0.29) is 5.25 Å². The number of anilines is 1. The van der Waals surface area contributed by atoms with Crippen LogP contribution in [0.3, 0.4) is 0 Å². The van der Waals surface area contributed by atoms with Crippen molar-refractivity contribution in [2.24, 2.45) is 0 Å². The Morgan fingerprint density at radius 2 is 2.11 bits per heavy atom. The lowest BCUT2D eigenvalue weighted by atomic mass is 10.3. The average Bonchev–Trinajstić information content (AvgIpc) is 2.86. The van der Waals surface area contributed by atoms with Gasteiger partial charge >= 0.3 is 0 Å². The molecule has 0 bridgehead atoms. The van der Waals surface area contributed by atoms with E-state index in [1.165, 1.54) is 0 Å². The molecule has 18 heavy (non-hydrogen) atoms. The Kier molecular flexibility index (Phi) is 4.08. The van der Waals surface area contributed by atoms with Crippen LogP contribution in [0.1, 0.15) is 13.3 Å². The molecule has 1 aromatic carbocycles. The monoisotopic (exact) mass is 270 g/mol. The van der Waals surface area contributed by atoms with E-state index < -0.39 is 10.0 Å². The number of benzene rings is 1. The molecular weight excluding hydrogens is 252 g/mol. The summed E-state index contributed by atoms with van der Waals surface area (Å²) < 4.78 is 32.0. The molecule has 1 unspecified atom stereocenters. The van der Waals surface area contributed by atoms with Gasteiger partial charge < -0.3 is 10.1 Å². The second kappa shape index (κ2) is 5.58. The Morgan fingerprint density at radius 3 is 2.67 bits per heavy atom. The van der Waals surface area contributed by atoms with Gasteiger partial charge in [0.1, 0.15) is 5.75 Å². The highest BCUT2D eigenvalue weighted by molar-refractivity contribution is 7.93. The van der Waals surface area contributed by atoms with Crippen LogP contribution in [0.4, 0.5) is 5.69 Å². The lowest BCUT2D eigenvalue weighted by molar-refractivity contribution is 0.340. The van der Waals surface area contributed by atoms with Crippen LogP contribution in [0.15, 0.2) is 24.3 Å². The summed E-state index contributed by atoms with van der Waals surface area (Å²) in [6, 6.07) is 6.94. The number of rotatable bonds is 5. The summed E-state index contributed by atoms with van der Waals surface area (Å²) in [7, 11) is -3.29. The Bertz CT molecular complexity index is 479. The zero-order valence-electron chi connectivity index (χ0n) is 10.3. The first-order valence-corrected chi connectivity index (χ1v) is 7.61. The van der Waals surface area contributed by atoms with E-state index in [1.807, 2.05) is 6.92 Å². The first-order valence-electron chi connectivity index (χ1n) is 6.07. The molecule has 0 amide bonds. The van der Waals surface area contributed by atoms with E-state index in [9.17, 15) is 8.42 Å². The molecule has 0 aliphatic carbocycles. The van der Waals surface area contributed by atoms with Gasteiger partial charge in [-0.15, -0.1) is 0 Å². The molecule has 0 spiro atoms. The van der Waals surface area contributed by atoms with Crippen molar-refractivity contribution >= 4 is 15.7 Å². The summed E-state index contributed by atoms with van der Waals surface area (Å²) >= 11 is 0. The molecule has 2 N–H and O–H groups in total. The fourth-order valence-electron chi connectivity index (χ4n) is 1.93. The zero-order valence-corrected chi connectivity index (χ0v) is 11.2. The maximum atomic E-state index is 12.0. The summed E-state index contributed by atoms with van der Waals surface area (Å²) in [5.74, 6) is 0.739. The number of hydrogen-bond acceptors (Lipinski definition) is 4. The van der Waals surface area contributed by atoms with Crippen LogP contribution >= 0.6 is 0 Å². The topological polar surface area (TPSA) is 67.4 Å². The second-order valence-corrected chi connectivity index (χ2v) is 6.18. The van der Waals surface area contributed by atoms with Gasteiger partial charge in [-0.25, -0.2) is 8.42 Å². The molecule has 0 radical (unpaired) electrons. The molecule has 1 aliphatic rings. The smallest absolute Gasteiger partial charge is 0.236 e. The molecule has 1 atom stereocenters. The SMILES string of the molecule is CCOc1ccc(NS(=O)(=O)C2CCNC2)cc1. The van der Waals surface area contributed by atoms with Crippen LogP contribution in [-0.2, 0) is 10.0 Å². The maximum Gasteiger partial charge on any atom is 0.236 e. The molecule has 5 nitrogen and oxygen atoms in total. The Morgan fingerprint density at radius 1 is 1.39 bits per heavy atom. The normalized spacial score (nSPS) is 19.7. The van der Waals surface area contributed by atoms with Gasteiger partial charge in [-0.05, 0) is 44.2 Å². The van der Waals surface area contributed by atoms with Crippen LogP contribution in [0.5, 0.6) is 5.75 Å². The molecule has 0 aromatic heterocycles. The van der Waals surface area contributed by atoms with Gasteiger partial charge in [0.2, 0.25) is 10.0 Å². The quantitative estimate of drug-likeness (QED) is 0.843. The third-order valence-corrected chi connectivity index (χ3v) is 4.68. The number of sulfonamides is 1. The lowest BCUT2D eigenvalue weighted by Crippen LogP contribution is -2.29. The number of hydrogen-bond donors (Lipinski definition) is 2. The molecule has 1 fully saturated rings. The fraction of sp³-hybridized carbons (Fsp3) is 0.500. The minimum Gasteiger partial charge on any atom is -0.494 e. The predicted octanol–water partition coefficient (Wildman–Crippen LogP) is 1.19. The standard InChI is InChI=1S/C12H18N2O3S/c1-2-17-11-5-3-10(4-6-11)14-18(15,16)12-7-8-13-9-12/h3-6,12-14H,2,7-9H2,1H3. The minimum absolute atomic E-state index is 0.343. The Balaban J connectivity index is 2.04. The molecule has 1 aliphatic heterocycles. The Labute approximate surface area is 108 Å². The highest BCUT2D eigenvalue weighted by atomic mass is 32.2. The van der Waals surface area contributed by atoms with Gasteiger partial charge in [-0.2, -0.15) is 0 Å². The van der Waals surface area contributed by atoms with Crippen molar-refractivity contribution in [1.82, 2.24) is 5.32 Å². The van der Waals surface area contributed by atoms with Crippen molar-refractivity contribution < 1.29 is 13.2 Å². The first kappa shape index (κ1) is 13.2. The van der Waals surface area contributed by atoms with Crippen molar-refractivity contribution in [3.05, 3.63) is 24.3 Å². The molecule has 1 saturated heterocycles. The van der Waals surface area contributed by atoms with E-state index >= 15 is 0 Å². The van der Waals surface area contributed by atoms with Gasteiger partial charge in [0, 0.05) is 12.2 Å². The minimum atomic E-state index is -3.29. The van der Waals surface area contributed by atoms with E-state index in [2.05, 4.69) is 10.0 Å². The van der Waals surface area contributed by atoms with E-state index in [0.29, 0.717) is 25.3 Å². The maximum absolute atomic E-state index is 12.0. The molecule has 1 heterocycles. The predicted molar refractivity (Wildman–Crippen MR) is 71.4 cm³/mol. The van der Waals surface area contributed by atoms with Crippen molar-refractivity contribution in [2.75, 3.05) is 24.4 Å².